The first-order valence-corrected chi connectivity index (χ1v) is 9.40. The van der Waals surface area contributed by atoms with Gasteiger partial charge in [-0.25, -0.2) is 0 Å². The van der Waals surface area contributed by atoms with Gasteiger partial charge >= 0.3 is 0 Å². The highest BCUT2D eigenvalue weighted by molar-refractivity contribution is 5.87. The number of ether oxygens (including phenoxy) is 2. The molecule has 0 radical (unpaired) electrons. The predicted molar refractivity (Wildman–Crippen MR) is 105 cm³/mol. The molecule has 0 bridgehead atoms. The van der Waals surface area contributed by atoms with Crippen molar-refractivity contribution in [1.82, 2.24) is 0 Å². The lowest BCUT2D eigenvalue weighted by Gasteiger charge is -2.25. The first-order valence-electron chi connectivity index (χ1n) is 9.40. The zero-order valence-corrected chi connectivity index (χ0v) is 15.3. The summed E-state index contributed by atoms with van der Waals surface area (Å²) in [5, 5.41) is 2.57. The van der Waals surface area contributed by atoms with Crippen molar-refractivity contribution >= 4 is 10.8 Å². The third-order valence-corrected chi connectivity index (χ3v) is 5.14. The van der Waals surface area contributed by atoms with Gasteiger partial charge in [0.05, 0.1) is 18.8 Å². The van der Waals surface area contributed by atoms with Crippen molar-refractivity contribution in [2.45, 2.75) is 20.1 Å². The molecule has 0 amide bonds. The van der Waals surface area contributed by atoms with Crippen LogP contribution in [0.15, 0.2) is 60.7 Å². The van der Waals surface area contributed by atoms with Crippen LogP contribution in [-0.4, -0.2) is 26.3 Å². The van der Waals surface area contributed by atoms with E-state index in [1.807, 2.05) is 0 Å². The molecule has 0 spiro atoms. The van der Waals surface area contributed by atoms with Crippen LogP contribution < -0.4 is 9.64 Å². The highest BCUT2D eigenvalue weighted by Gasteiger charge is 2.19. The molecular formula is C23H26NO2+. The maximum atomic E-state index is 6.27. The van der Waals surface area contributed by atoms with Gasteiger partial charge in [-0.15, -0.1) is 0 Å². The fourth-order valence-corrected chi connectivity index (χ4v) is 3.57. The van der Waals surface area contributed by atoms with Gasteiger partial charge in [-0.05, 0) is 29.3 Å². The molecule has 0 aromatic heterocycles. The van der Waals surface area contributed by atoms with Gasteiger partial charge in [0.25, 0.3) is 0 Å². The van der Waals surface area contributed by atoms with E-state index in [4.69, 9.17) is 9.47 Å². The van der Waals surface area contributed by atoms with Gasteiger partial charge in [0.2, 0.25) is 0 Å². The first-order chi connectivity index (χ1) is 12.8. The molecule has 3 heteroatoms. The van der Waals surface area contributed by atoms with Gasteiger partial charge in [0.15, 0.2) is 0 Å². The Labute approximate surface area is 155 Å². The quantitative estimate of drug-likeness (QED) is 0.765. The molecular weight excluding hydrogens is 322 g/mol. The van der Waals surface area contributed by atoms with Crippen molar-refractivity contribution in [2.24, 2.45) is 0 Å². The van der Waals surface area contributed by atoms with E-state index in [1.54, 1.807) is 4.90 Å². The molecule has 0 unspecified atom stereocenters. The number of nitrogens with one attached hydrogen (secondary N) is 1. The van der Waals surface area contributed by atoms with E-state index in [0.29, 0.717) is 6.61 Å². The van der Waals surface area contributed by atoms with Crippen molar-refractivity contribution in [2.75, 3.05) is 26.3 Å². The summed E-state index contributed by atoms with van der Waals surface area (Å²) in [4.78, 5) is 1.56. The molecule has 4 rings (SSSR count). The maximum absolute atomic E-state index is 6.27. The van der Waals surface area contributed by atoms with Crippen LogP contribution in [0.1, 0.15) is 16.7 Å². The average molecular weight is 348 g/mol. The van der Waals surface area contributed by atoms with Crippen molar-refractivity contribution in [3.05, 3.63) is 77.4 Å². The van der Waals surface area contributed by atoms with Crippen LogP contribution in [0.2, 0.25) is 0 Å². The molecule has 1 fully saturated rings. The van der Waals surface area contributed by atoms with Crippen molar-refractivity contribution in [3.63, 3.8) is 0 Å². The smallest absolute Gasteiger partial charge is 0.129 e. The van der Waals surface area contributed by atoms with Crippen molar-refractivity contribution in [3.8, 4) is 5.75 Å². The summed E-state index contributed by atoms with van der Waals surface area (Å²) in [6.45, 7) is 7.50. The summed E-state index contributed by atoms with van der Waals surface area (Å²) in [6, 6.07) is 21.5. The van der Waals surface area contributed by atoms with Crippen molar-refractivity contribution < 1.29 is 14.4 Å². The molecule has 1 saturated heterocycles. The molecule has 0 saturated carbocycles. The van der Waals surface area contributed by atoms with Gasteiger partial charge in [-0.2, -0.15) is 0 Å². The largest absolute Gasteiger partial charge is 0.488 e. The third-order valence-electron chi connectivity index (χ3n) is 5.14. The van der Waals surface area contributed by atoms with E-state index >= 15 is 0 Å². The highest BCUT2D eigenvalue weighted by atomic mass is 16.5. The van der Waals surface area contributed by atoms with Crippen LogP contribution in [0.3, 0.4) is 0 Å². The van der Waals surface area contributed by atoms with E-state index in [1.165, 1.54) is 27.5 Å². The molecule has 3 nitrogen and oxygen atoms in total. The van der Waals surface area contributed by atoms with Gasteiger partial charge in [-0.1, -0.05) is 60.2 Å². The second-order valence-corrected chi connectivity index (χ2v) is 7.08. The molecule has 26 heavy (non-hydrogen) atoms. The Morgan fingerprint density at radius 1 is 0.923 bits per heavy atom. The lowest BCUT2D eigenvalue weighted by molar-refractivity contribution is -0.921. The minimum Gasteiger partial charge on any atom is -0.488 e. The van der Waals surface area contributed by atoms with Gasteiger partial charge < -0.3 is 14.4 Å². The monoisotopic (exact) mass is 348 g/mol. The van der Waals surface area contributed by atoms with Crippen molar-refractivity contribution in [1.29, 1.82) is 0 Å². The minimum absolute atomic E-state index is 0.601. The Morgan fingerprint density at radius 3 is 2.50 bits per heavy atom. The van der Waals surface area contributed by atoms with E-state index in [0.717, 1.165) is 38.6 Å². The van der Waals surface area contributed by atoms with Gasteiger partial charge in [-0.3, -0.25) is 0 Å². The molecule has 3 aromatic carbocycles. The Hall–Kier alpha value is -2.36. The number of hydrogen-bond acceptors (Lipinski definition) is 2. The van der Waals surface area contributed by atoms with Crippen LogP contribution in [0.5, 0.6) is 5.75 Å². The second-order valence-electron chi connectivity index (χ2n) is 7.08. The Balaban J connectivity index is 1.61. The molecule has 0 atom stereocenters. The minimum atomic E-state index is 0.601. The van der Waals surface area contributed by atoms with E-state index in [-0.39, 0.29) is 0 Å². The van der Waals surface area contributed by atoms with E-state index in [2.05, 4.69) is 67.6 Å². The van der Waals surface area contributed by atoms with Crippen LogP contribution in [0.25, 0.3) is 10.8 Å². The van der Waals surface area contributed by atoms with Crippen LogP contribution >= 0.6 is 0 Å². The van der Waals surface area contributed by atoms with E-state index in [9.17, 15) is 0 Å². The molecule has 3 aromatic rings. The number of fused-ring (bicyclic) bond motifs is 1. The third kappa shape index (κ3) is 3.90. The summed E-state index contributed by atoms with van der Waals surface area (Å²) < 4.78 is 11.8. The van der Waals surface area contributed by atoms with Crippen LogP contribution in [-0.2, 0) is 17.9 Å². The number of rotatable bonds is 5. The highest BCUT2D eigenvalue weighted by Crippen LogP contribution is 2.28. The Bertz CT molecular complexity index is 867. The molecule has 1 heterocycles. The van der Waals surface area contributed by atoms with E-state index < -0.39 is 0 Å². The zero-order chi connectivity index (χ0) is 17.8. The topological polar surface area (TPSA) is 22.9 Å². The zero-order valence-electron chi connectivity index (χ0n) is 15.3. The number of aryl methyl sites for hydroxylation is 1. The van der Waals surface area contributed by atoms with Crippen LogP contribution in [0.4, 0.5) is 0 Å². The Kier molecular flexibility index (Phi) is 5.19. The van der Waals surface area contributed by atoms with Gasteiger partial charge in [0.1, 0.15) is 32.0 Å². The predicted octanol–water partition coefficient (Wildman–Crippen LogP) is 3.14. The standard InChI is InChI=1S/C23H25NO2/c1-18-6-8-19(9-7-18)17-26-23-11-10-20-4-2-3-5-21(20)22(23)16-24-12-14-25-15-13-24/h2-11H,12-17H2,1H3/p+1. The molecule has 134 valence electrons. The maximum Gasteiger partial charge on any atom is 0.129 e. The summed E-state index contributed by atoms with van der Waals surface area (Å²) >= 11 is 0. The average Bonchev–Trinajstić information content (AvgIpc) is 2.69. The Morgan fingerprint density at radius 2 is 1.69 bits per heavy atom. The number of morpholine rings is 1. The normalized spacial score (nSPS) is 15.3. The molecule has 1 aliphatic heterocycles. The fourth-order valence-electron chi connectivity index (χ4n) is 3.57. The molecule has 1 aliphatic rings. The summed E-state index contributed by atoms with van der Waals surface area (Å²) in [6.07, 6.45) is 0. The molecule has 1 N–H and O–H groups in total. The van der Waals surface area contributed by atoms with Gasteiger partial charge in [0, 0.05) is 0 Å². The first kappa shape index (κ1) is 17.1. The summed E-state index contributed by atoms with van der Waals surface area (Å²) in [5.41, 5.74) is 3.79. The van der Waals surface area contributed by atoms with Crippen LogP contribution in [0, 0.1) is 6.92 Å². The lowest BCUT2D eigenvalue weighted by Crippen LogP contribution is -3.12. The second kappa shape index (κ2) is 7.90. The SMILES string of the molecule is Cc1ccc(COc2ccc3ccccc3c2C[NH+]2CCOCC2)cc1. The number of quaternary nitrogens is 1. The summed E-state index contributed by atoms with van der Waals surface area (Å²) in [5.74, 6) is 1.00. The molecule has 0 aliphatic carbocycles. The fraction of sp³-hybridized carbons (Fsp3) is 0.304. The number of hydrogen-bond donors (Lipinski definition) is 1. The summed E-state index contributed by atoms with van der Waals surface area (Å²) in [7, 11) is 0. The number of benzene rings is 3. The lowest BCUT2D eigenvalue weighted by atomic mass is 10.0.